The molecule has 182 valence electrons. The molecule has 0 spiro atoms. The van der Waals surface area contributed by atoms with E-state index in [4.69, 9.17) is 4.74 Å². The van der Waals surface area contributed by atoms with Crippen LogP contribution >= 0.6 is 0 Å². The molecule has 1 aliphatic heterocycles. The van der Waals surface area contributed by atoms with Gasteiger partial charge in [0.25, 0.3) is 5.91 Å². The number of nitrogens with one attached hydrogen (secondary N) is 1. The maximum atomic E-state index is 13.0. The summed E-state index contributed by atoms with van der Waals surface area (Å²) in [7, 11) is 0. The lowest BCUT2D eigenvalue weighted by molar-refractivity contribution is 0.102. The topological polar surface area (TPSA) is 108 Å². The summed E-state index contributed by atoms with van der Waals surface area (Å²) in [5.41, 5.74) is 5.44. The van der Waals surface area contributed by atoms with E-state index < -0.39 is 5.41 Å². The van der Waals surface area contributed by atoms with Crippen LogP contribution in [0.25, 0.3) is 16.8 Å². The molecule has 5 rings (SSSR count). The van der Waals surface area contributed by atoms with Gasteiger partial charge in [0.05, 0.1) is 48.0 Å². The molecule has 0 saturated carbocycles. The van der Waals surface area contributed by atoms with Gasteiger partial charge in [0.15, 0.2) is 5.65 Å². The minimum atomic E-state index is -0.793. The van der Waals surface area contributed by atoms with E-state index in [9.17, 15) is 10.1 Å². The lowest BCUT2D eigenvalue weighted by Gasteiger charge is -2.29. The summed E-state index contributed by atoms with van der Waals surface area (Å²) >= 11 is 0. The van der Waals surface area contributed by atoms with Gasteiger partial charge in [-0.15, -0.1) is 0 Å². The molecule has 9 nitrogen and oxygen atoms in total. The van der Waals surface area contributed by atoms with Gasteiger partial charge in [-0.05, 0) is 45.0 Å². The van der Waals surface area contributed by atoms with Gasteiger partial charge in [0.1, 0.15) is 0 Å². The number of pyridine rings is 3. The zero-order valence-electron chi connectivity index (χ0n) is 20.5. The summed E-state index contributed by atoms with van der Waals surface area (Å²) in [5, 5.41) is 12.4. The Labute approximate surface area is 209 Å². The summed E-state index contributed by atoms with van der Waals surface area (Å²) in [4.78, 5) is 28.7. The molecule has 0 aromatic carbocycles. The van der Waals surface area contributed by atoms with Gasteiger partial charge in [-0.1, -0.05) is 0 Å². The van der Waals surface area contributed by atoms with Crippen LogP contribution in [0.1, 0.15) is 35.6 Å². The number of rotatable bonds is 5. The Kier molecular flexibility index (Phi) is 6.12. The molecule has 1 fully saturated rings. The van der Waals surface area contributed by atoms with Gasteiger partial charge < -0.3 is 19.4 Å². The highest BCUT2D eigenvalue weighted by Crippen LogP contribution is 2.31. The zero-order valence-corrected chi connectivity index (χ0v) is 20.5. The van der Waals surface area contributed by atoms with Crippen LogP contribution in [-0.2, 0) is 10.2 Å². The van der Waals surface area contributed by atoms with E-state index in [2.05, 4.69) is 37.3 Å². The second-order valence-corrected chi connectivity index (χ2v) is 9.35. The second kappa shape index (κ2) is 9.40. The normalized spacial score (nSPS) is 14.0. The summed E-state index contributed by atoms with van der Waals surface area (Å²) in [5.74, 6) is -0.289. The van der Waals surface area contributed by atoms with Crippen molar-refractivity contribution < 1.29 is 9.53 Å². The van der Waals surface area contributed by atoms with Crippen molar-refractivity contribution >= 4 is 22.9 Å². The van der Waals surface area contributed by atoms with Crippen LogP contribution in [0.3, 0.4) is 0 Å². The maximum Gasteiger partial charge on any atom is 0.255 e. The van der Waals surface area contributed by atoms with Crippen molar-refractivity contribution in [1.29, 1.82) is 5.26 Å². The highest BCUT2D eigenvalue weighted by Gasteiger charge is 2.23. The Bertz CT molecular complexity index is 1480. The van der Waals surface area contributed by atoms with Crippen molar-refractivity contribution in [3.63, 3.8) is 0 Å². The van der Waals surface area contributed by atoms with Gasteiger partial charge in [0, 0.05) is 60.3 Å². The lowest BCUT2D eigenvalue weighted by Crippen LogP contribution is -2.36. The molecule has 0 aliphatic carbocycles. The number of aromatic nitrogens is 4. The van der Waals surface area contributed by atoms with Crippen LogP contribution in [0.2, 0.25) is 0 Å². The molecule has 4 aromatic heterocycles. The first kappa shape index (κ1) is 23.5. The fourth-order valence-electron chi connectivity index (χ4n) is 4.27. The number of morpholine rings is 1. The number of amides is 1. The fourth-order valence-corrected chi connectivity index (χ4v) is 4.27. The number of hydrogen-bond acceptors (Lipinski definition) is 7. The van der Waals surface area contributed by atoms with Crippen LogP contribution < -0.4 is 10.2 Å². The summed E-state index contributed by atoms with van der Waals surface area (Å²) in [6.45, 7) is 8.46. The molecule has 1 amide bonds. The molecular formula is C27H27N7O2. The monoisotopic (exact) mass is 481 g/mol. The Hall–Kier alpha value is -4.29. The smallest absolute Gasteiger partial charge is 0.255 e. The summed E-state index contributed by atoms with van der Waals surface area (Å²) < 4.78 is 7.55. The molecule has 1 saturated heterocycles. The van der Waals surface area contributed by atoms with Crippen LogP contribution in [0.15, 0.2) is 55.2 Å². The molecule has 5 heterocycles. The lowest BCUT2D eigenvalue weighted by atomic mass is 9.90. The number of hydrogen-bond donors (Lipinski definition) is 1. The first-order valence-corrected chi connectivity index (χ1v) is 11.8. The average molecular weight is 482 g/mol. The van der Waals surface area contributed by atoms with E-state index >= 15 is 0 Å². The molecule has 1 N–H and O–H groups in total. The number of imidazole rings is 1. The fraction of sp³-hybridized carbons (Fsp3) is 0.296. The molecule has 0 atom stereocenters. The van der Waals surface area contributed by atoms with Gasteiger partial charge in [-0.25, -0.2) is 4.98 Å². The third kappa shape index (κ3) is 4.51. The number of carbonyl (C=O) groups excluding carboxylic acids is 1. The van der Waals surface area contributed by atoms with E-state index in [1.165, 1.54) is 0 Å². The van der Waals surface area contributed by atoms with Crippen molar-refractivity contribution in [2.45, 2.75) is 26.2 Å². The number of nitrogens with zero attached hydrogens (tertiary/aromatic N) is 6. The van der Waals surface area contributed by atoms with Crippen LogP contribution in [-0.4, -0.2) is 51.6 Å². The number of nitriles is 1. The average Bonchev–Trinajstić information content (AvgIpc) is 3.38. The number of anilines is 2. The molecule has 0 unspecified atom stereocenters. The van der Waals surface area contributed by atoms with Gasteiger partial charge in [0.2, 0.25) is 0 Å². The second-order valence-electron chi connectivity index (χ2n) is 9.35. The molecule has 0 radical (unpaired) electrons. The summed E-state index contributed by atoms with van der Waals surface area (Å²) in [6.07, 6.45) is 8.95. The maximum absolute atomic E-state index is 13.0. The zero-order chi connectivity index (χ0) is 25.3. The predicted molar refractivity (Wildman–Crippen MR) is 137 cm³/mol. The highest BCUT2D eigenvalue weighted by molar-refractivity contribution is 6.04. The number of ether oxygens (including phenoxy) is 1. The Morgan fingerprint density at radius 1 is 1.14 bits per heavy atom. The molecular weight excluding hydrogens is 454 g/mol. The first-order valence-electron chi connectivity index (χ1n) is 11.8. The minimum absolute atomic E-state index is 0.289. The van der Waals surface area contributed by atoms with Gasteiger partial charge in [-0.3, -0.25) is 14.8 Å². The molecule has 1 aliphatic rings. The van der Waals surface area contributed by atoms with E-state index in [1.54, 1.807) is 44.6 Å². The van der Waals surface area contributed by atoms with Crippen LogP contribution in [0, 0.1) is 18.3 Å². The number of aryl methyl sites for hydroxylation is 1. The Balaban J connectivity index is 1.47. The van der Waals surface area contributed by atoms with Crippen molar-refractivity contribution in [3.8, 4) is 17.2 Å². The molecule has 4 aromatic rings. The van der Waals surface area contributed by atoms with Crippen LogP contribution in [0.4, 0.5) is 11.4 Å². The van der Waals surface area contributed by atoms with E-state index in [1.807, 2.05) is 29.8 Å². The van der Waals surface area contributed by atoms with E-state index in [0.29, 0.717) is 30.2 Å². The quantitative estimate of drug-likeness (QED) is 0.459. The van der Waals surface area contributed by atoms with Crippen molar-refractivity contribution in [2.24, 2.45) is 0 Å². The first-order chi connectivity index (χ1) is 17.4. The molecule has 0 bridgehead atoms. The molecule has 9 heteroatoms. The third-order valence-corrected chi connectivity index (χ3v) is 6.42. The standard InChI is InChI=1S/C27H27N7O2/c1-18-22(20-12-23(33-8-10-36-11-9-33)25-30-6-7-34(25)16-20)14-21(15-31-18)32-26(35)19-4-5-29-24(13-19)27(2,3)17-28/h4-7,12-16H,8-11H2,1-3H3,(H,32,35). The van der Waals surface area contributed by atoms with Gasteiger partial charge >= 0.3 is 0 Å². The van der Waals surface area contributed by atoms with Crippen molar-refractivity contribution in [2.75, 3.05) is 36.5 Å². The van der Waals surface area contributed by atoms with Gasteiger partial charge in [-0.2, -0.15) is 5.26 Å². The number of fused-ring (bicyclic) bond motifs is 1. The summed E-state index contributed by atoms with van der Waals surface area (Å²) in [6, 6.07) is 9.57. The van der Waals surface area contributed by atoms with E-state index in [-0.39, 0.29) is 5.91 Å². The third-order valence-electron chi connectivity index (χ3n) is 6.42. The van der Waals surface area contributed by atoms with Crippen molar-refractivity contribution in [1.82, 2.24) is 19.4 Å². The minimum Gasteiger partial charge on any atom is -0.378 e. The largest absolute Gasteiger partial charge is 0.378 e. The van der Waals surface area contributed by atoms with E-state index in [0.717, 1.165) is 41.2 Å². The molecule has 36 heavy (non-hydrogen) atoms. The predicted octanol–water partition coefficient (Wildman–Crippen LogP) is 3.99. The Morgan fingerprint density at radius 3 is 2.72 bits per heavy atom. The highest BCUT2D eigenvalue weighted by atomic mass is 16.5. The van der Waals surface area contributed by atoms with Crippen molar-refractivity contribution in [3.05, 3.63) is 72.2 Å². The van der Waals surface area contributed by atoms with Crippen LogP contribution in [0.5, 0.6) is 0 Å². The number of carbonyl (C=O) groups is 1. The SMILES string of the molecule is Cc1ncc(NC(=O)c2ccnc(C(C)(C)C#N)c2)cc1-c1cc(N2CCOCC2)c2nccn2c1. The Morgan fingerprint density at radius 2 is 1.94 bits per heavy atom.